The number of carbonyl (C=O) groups is 1. The largest absolute Gasteiger partial charge is 2.00 e. The van der Waals surface area contributed by atoms with Crippen LogP contribution in [0.15, 0.2) is 54.6 Å². The van der Waals surface area contributed by atoms with Gasteiger partial charge in [0.2, 0.25) is 5.91 Å². The third-order valence-electron chi connectivity index (χ3n) is 2.86. The van der Waals surface area contributed by atoms with Crippen LogP contribution in [0.2, 0.25) is 0 Å². The molecule has 0 heterocycles. The molecule has 0 fully saturated rings. The van der Waals surface area contributed by atoms with Crippen LogP contribution >= 0.6 is 0 Å². The van der Waals surface area contributed by atoms with Crippen LogP contribution in [0, 0.1) is 0 Å². The smallest absolute Gasteiger partial charge is 0.356 e. The first kappa shape index (κ1) is 19.6. The van der Waals surface area contributed by atoms with Crippen LogP contribution in [-0.4, -0.2) is 19.0 Å². The van der Waals surface area contributed by atoms with Gasteiger partial charge >= 0.3 is 17.1 Å². The third-order valence-corrected chi connectivity index (χ3v) is 2.86. The van der Waals surface area contributed by atoms with Gasteiger partial charge in [-0.05, 0) is 13.0 Å². The Kier molecular flexibility index (Phi) is 12.7. The van der Waals surface area contributed by atoms with Gasteiger partial charge in [-0.25, -0.2) is 24.3 Å². The zero-order chi connectivity index (χ0) is 14.5. The first-order valence-electron chi connectivity index (χ1n) is 7.17. The minimum Gasteiger partial charge on any atom is -0.356 e. The number of rotatable bonds is 7. The Labute approximate surface area is 138 Å². The van der Waals surface area contributed by atoms with Crippen LogP contribution in [0.3, 0.4) is 0 Å². The summed E-state index contributed by atoms with van der Waals surface area (Å²) >= 11 is 0. The molecule has 0 saturated heterocycles. The van der Waals surface area contributed by atoms with E-state index >= 15 is 0 Å². The number of aryl methyl sites for hydroxylation is 1. The van der Waals surface area contributed by atoms with Crippen LogP contribution in [0.4, 0.5) is 0 Å². The fourth-order valence-corrected chi connectivity index (χ4v) is 1.77. The summed E-state index contributed by atoms with van der Waals surface area (Å²) in [6.07, 6.45) is 3.36. The van der Waals surface area contributed by atoms with E-state index in [9.17, 15) is 4.79 Å². The van der Waals surface area contributed by atoms with Crippen molar-refractivity contribution in [3.05, 3.63) is 60.2 Å². The van der Waals surface area contributed by atoms with E-state index in [4.69, 9.17) is 5.73 Å². The molecule has 2 rings (SSSR count). The van der Waals surface area contributed by atoms with E-state index in [2.05, 4.69) is 17.4 Å². The summed E-state index contributed by atoms with van der Waals surface area (Å²) in [4.78, 5) is 11.3. The van der Waals surface area contributed by atoms with Gasteiger partial charge in [-0.3, -0.25) is 4.79 Å². The van der Waals surface area contributed by atoms with Gasteiger partial charge in [0.25, 0.3) is 0 Å². The maximum atomic E-state index is 11.3. The molecule has 3 N–H and O–H groups in total. The Hall–Kier alpha value is -1.35. The van der Waals surface area contributed by atoms with Crippen molar-refractivity contribution in [1.82, 2.24) is 5.32 Å². The fourth-order valence-electron chi connectivity index (χ4n) is 1.77. The number of hydrogen-bond acceptors (Lipinski definition) is 2. The fraction of sp³-hybridized carbons (Fsp3) is 0.353. The van der Waals surface area contributed by atoms with E-state index < -0.39 is 0 Å². The second-order valence-corrected chi connectivity index (χ2v) is 4.60. The maximum Gasteiger partial charge on any atom is 2.00 e. The van der Waals surface area contributed by atoms with Crippen LogP contribution in [-0.2, 0) is 28.3 Å². The van der Waals surface area contributed by atoms with Crippen molar-refractivity contribution < 1.29 is 21.9 Å². The molecule has 3 nitrogen and oxygen atoms in total. The Morgan fingerprint density at radius 3 is 2.29 bits per heavy atom. The van der Waals surface area contributed by atoms with Gasteiger partial charge < -0.3 is 11.1 Å². The van der Waals surface area contributed by atoms with Crippen LogP contribution in [0.25, 0.3) is 0 Å². The van der Waals surface area contributed by atoms with Crippen LogP contribution < -0.4 is 11.1 Å². The molecule has 0 aliphatic heterocycles. The van der Waals surface area contributed by atoms with E-state index in [1.807, 2.05) is 42.5 Å². The molecule has 0 unspecified atom stereocenters. The molecule has 0 radical (unpaired) electrons. The molecule has 4 heteroatoms. The zero-order valence-electron chi connectivity index (χ0n) is 12.3. The van der Waals surface area contributed by atoms with Gasteiger partial charge in [0.05, 0.1) is 0 Å². The van der Waals surface area contributed by atoms with Crippen molar-refractivity contribution in [3.8, 4) is 0 Å². The van der Waals surface area contributed by atoms with Gasteiger partial charge in [-0.2, -0.15) is 35.9 Å². The summed E-state index contributed by atoms with van der Waals surface area (Å²) in [5.41, 5.74) is 6.64. The number of amides is 1. The standard InChI is InChI=1S/C12H19N2O.C5H5.Fe/c13-9-4-10-14-12(15)8-3-7-11-5-1-2-6-11;1-2-4-5-3-1;/h1-2,5-6H,3-4,7-10,13H2,(H,14,15);1-5H;/q2*-1;+2. The molecule has 0 saturated carbocycles. The molecule has 1 amide bonds. The molecule has 0 aromatic heterocycles. The van der Waals surface area contributed by atoms with Gasteiger partial charge in [0.15, 0.2) is 0 Å². The second kappa shape index (κ2) is 13.6. The van der Waals surface area contributed by atoms with Crippen LogP contribution in [0.5, 0.6) is 0 Å². The quantitative estimate of drug-likeness (QED) is 0.466. The first-order chi connectivity index (χ1) is 9.83. The summed E-state index contributed by atoms with van der Waals surface area (Å²) in [5, 5.41) is 2.84. The summed E-state index contributed by atoms with van der Waals surface area (Å²) in [6, 6.07) is 18.2. The molecule has 2 aromatic rings. The molecular weight excluding hydrogens is 304 g/mol. The van der Waals surface area contributed by atoms with E-state index in [0.717, 1.165) is 19.3 Å². The average molecular weight is 328 g/mol. The minimum atomic E-state index is 0. The summed E-state index contributed by atoms with van der Waals surface area (Å²) in [5.74, 6) is 0.134. The predicted molar refractivity (Wildman–Crippen MR) is 83.7 cm³/mol. The molecule has 2 aromatic carbocycles. The summed E-state index contributed by atoms with van der Waals surface area (Å²) in [6.45, 7) is 1.33. The third kappa shape index (κ3) is 11.0. The molecule has 0 aliphatic carbocycles. The van der Waals surface area contributed by atoms with Crippen LogP contribution in [0.1, 0.15) is 24.8 Å². The van der Waals surface area contributed by atoms with Gasteiger partial charge in [0.1, 0.15) is 0 Å². The van der Waals surface area contributed by atoms with Crippen molar-refractivity contribution in [1.29, 1.82) is 0 Å². The Bertz CT molecular complexity index is 406. The second-order valence-electron chi connectivity index (χ2n) is 4.60. The summed E-state index contributed by atoms with van der Waals surface area (Å²) < 4.78 is 0. The normalized spacial score (nSPS) is 9.19. The zero-order valence-corrected chi connectivity index (χ0v) is 13.4. The molecule has 0 spiro atoms. The number of nitrogens with one attached hydrogen (secondary N) is 1. The molecule has 0 bridgehead atoms. The maximum absolute atomic E-state index is 11.3. The Morgan fingerprint density at radius 1 is 1.10 bits per heavy atom. The van der Waals surface area contributed by atoms with Crippen molar-refractivity contribution >= 4 is 5.91 Å². The monoisotopic (exact) mass is 328 g/mol. The van der Waals surface area contributed by atoms with E-state index in [0.29, 0.717) is 19.5 Å². The average Bonchev–Trinajstić information content (AvgIpc) is 3.15. The van der Waals surface area contributed by atoms with Crippen molar-refractivity contribution in [2.75, 3.05) is 13.1 Å². The van der Waals surface area contributed by atoms with E-state index in [-0.39, 0.29) is 23.0 Å². The minimum absolute atomic E-state index is 0. The van der Waals surface area contributed by atoms with Gasteiger partial charge in [-0.15, -0.1) is 0 Å². The van der Waals surface area contributed by atoms with Crippen molar-refractivity contribution in [3.63, 3.8) is 0 Å². The van der Waals surface area contributed by atoms with Crippen molar-refractivity contribution in [2.24, 2.45) is 5.73 Å². The molecule has 21 heavy (non-hydrogen) atoms. The van der Waals surface area contributed by atoms with E-state index in [1.54, 1.807) is 0 Å². The van der Waals surface area contributed by atoms with Gasteiger partial charge in [0, 0.05) is 13.0 Å². The molecule has 116 valence electrons. The molecule has 0 aliphatic rings. The van der Waals surface area contributed by atoms with E-state index in [1.165, 1.54) is 5.56 Å². The molecule has 0 atom stereocenters. The number of nitrogens with two attached hydrogens (primary N) is 1. The summed E-state index contributed by atoms with van der Waals surface area (Å²) in [7, 11) is 0. The topological polar surface area (TPSA) is 55.1 Å². The Morgan fingerprint density at radius 2 is 1.76 bits per heavy atom. The first-order valence-corrected chi connectivity index (χ1v) is 7.17. The molecular formula is C17H24FeN2O. The SMILES string of the molecule is NCCCNC(=O)CCC[c-]1cccc1.[Fe+2].c1cc[cH-]c1. The Balaban J connectivity index is 0.000000562. The van der Waals surface area contributed by atoms with Gasteiger partial charge in [-0.1, -0.05) is 12.8 Å². The van der Waals surface area contributed by atoms with Crippen molar-refractivity contribution in [2.45, 2.75) is 25.7 Å². The number of hydrogen-bond donors (Lipinski definition) is 2. The predicted octanol–water partition coefficient (Wildman–Crippen LogP) is 2.60. The number of carbonyl (C=O) groups excluding carboxylic acids is 1.